The molecule has 0 aromatic heterocycles. The number of aliphatic hydroxyl groups is 1. The van der Waals surface area contributed by atoms with Crippen molar-refractivity contribution in [1.29, 1.82) is 0 Å². The van der Waals surface area contributed by atoms with E-state index in [1.807, 2.05) is 0 Å². The SMILES string of the molecule is C#CC(=O)N(c1cccc(Cl)c1)C1(C(=O)NCC(=O)N2CCCC(CO)C2)CCOCC1. The van der Waals surface area contributed by atoms with Crippen molar-refractivity contribution in [2.24, 2.45) is 5.92 Å². The van der Waals surface area contributed by atoms with E-state index >= 15 is 0 Å². The van der Waals surface area contributed by atoms with Crippen molar-refractivity contribution in [2.75, 3.05) is 44.4 Å². The van der Waals surface area contributed by atoms with Crippen LogP contribution in [0.3, 0.4) is 0 Å². The number of nitrogens with zero attached hydrogens (tertiary/aromatic N) is 2. The highest BCUT2D eigenvalue weighted by Gasteiger charge is 2.48. The molecule has 3 rings (SSSR count). The van der Waals surface area contributed by atoms with Crippen LogP contribution in [-0.2, 0) is 19.1 Å². The van der Waals surface area contributed by atoms with Gasteiger partial charge in [0, 0.05) is 56.5 Å². The lowest BCUT2D eigenvalue weighted by atomic mass is 9.86. The van der Waals surface area contributed by atoms with Crippen molar-refractivity contribution in [3.63, 3.8) is 0 Å². The molecule has 2 aliphatic heterocycles. The second-order valence-corrected chi connectivity index (χ2v) is 8.56. The molecule has 2 N–H and O–H groups in total. The molecule has 2 aliphatic rings. The van der Waals surface area contributed by atoms with Crippen LogP contribution in [0.1, 0.15) is 25.7 Å². The van der Waals surface area contributed by atoms with Gasteiger partial charge < -0.3 is 20.1 Å². The molecule has 1 aromatic carbocycles. The number of terminal acetylenes is 1. The number of hydrogen-bond donors (Lipinski definition) is 2. The quantitative estimate of drug-likeness (QED) is 0.620. The topological polar surface area (TPSA) is 99.2 Å². The molecule has 172 valence electrons. The molecule has 2 heterocycles. The van der Waals surface area contributed by atoms with Gasteiger partial charge in [0.05, 0.1) is 6.54 Å². The summed E-state index contributed by atoms with van der Waals surface area (Å²) in [5.74, 6) is 0.806. The molecule has 32 heavy (non-hydrogen) atoms. The molecule has 0 aliphatic carbocycles. The molecule has 3 amide bonds. The van der Waals surface area contributed by atoms with E-state index < -0.39 is 17.4 Å². The van der Waals surface area contributed by atoms with Gasteiger partial charge in [0.1, 0.15) is 5.54 Å². The fraction of sp³-hybridized carbons (Fsp3) is 0.522. The minimum absolute atomic E-state index is 0.0298. The van der Waals surface area contributed by atoms with Gasteiger partial charge in [-0.2, -0.15) is 0 Å². The van der Waals surface area contributed by atoms with Crippen molar-refractivity contribution < 1.29 is 24.2 Å². The largest absolute Gasteiger partial charge is 0.396 e. The molecule has 2 fully saturated rings. The summed E-state index contributed by atoms with van der Waals surface area (Å²) in [7, 11) is 0. The molecule has 0 saturated carbocycles. The van der Waals surface area contributed by atoms with Crippen LogP contribution in [0.5, 0.6) is 0 Å². The van der Waals surface area contributed by atoms with Crippen molar-refractivity contribution in [2.45, 2.75) is 31.2 Å². The number of ether oxygens (including phenoxy) is 1. The van der Waals surface area contributed by atoms with Crippen LogP contribution in [-0.4, -0.2) is 72.7 Å². The molecule has 1 aromatic rings. The number of rotatable bonds is 6. The standard InChI is InChI=1S/C23H28ClN3O5/c1-2-20(29)27(19-7-3-6-18(24)13-19)23(8-11-32-12-9-23)22(31)25-14-21(30)26-10-4-5-17(15-26)16-28/h1,3,6-7,13,17,28H,4-5,8-12,14-16H2,(H,25,31). The van der Waals surface area contributed by atoms with Gasteiger partial charge in [-0.3, -0.25) is 19.3 Å². The highest BCUT2D eigenvalue weighted by molar-refractivity contribution is 6.31. The first-order valence-electron chi connectivity index (χ1n) is 10.7. The average Bonchev–Trinajstić information content (AvgIpc) is 2.82. The molecule has 1 atom stereocenters. The number of hydrogen-bond acceptors (Lipinski definition) is 5. The maximum absolute atomic E-state index is 13.5. The summed E-state index contributed by atoms with van der Waals surface area (Å²) in [6, 6.07) is 6.59. The Morgan fingerprint density at radius 2 is 2.09 bits per heavy atom. The second-order valence-electron chi connectivity index (χ2n) is 8.12. The molecule has 8 nitrogen and oxygen atoms in total. The number of halogens is 1. The molecule has 2 saturated heterocycles. The molecule has 1 unspecified atom stereocenters. The number of nitrogens with one attached hydrogen (secondary N) is 1. The Kier molecular flexibility index (Phi) is 8.13. The molecular weight excluding hydrogens is 434 g/mol. The monoisotopic (exact) mass is 461 g/mol. The fourth-order valence-corrected chi connectivity index (χ4v) is 4.56. The number of piperidine rings is 1. The number of aliphatic hydroxyl groups excluding tert-OH is 1. The molecular formula is C23H28ClN3O5. The van der Waals surface area contributed by atoms with Crippen molar-refractivity contribution in [1.82, 2.24) is 10.2 Å². The predicted octanol–water partition coefficient (Wildman–Crippen LogP) is 1.20. The Morgan fingerprint density at radius 1 is 1.34 bits per heavy atom. The number of carbonyl (C=O) groups is 3. The third-order valence-electron chi connectivity index (χ3n) is 6.09. The summed E-state index contributed by atoms with van der Waals surface area (Å²) in [4.78, 5) is 41.9. The maximum Gasteiger partial charge on any atom is 0.303 e. The molecule has 0 bridgehead atoms. The predicted molar refractivity (Wildman–Crippen MR) is 120 cm³/mol. The van der Waals surface area contributed by atoms with E-state index in [-0.39, 0.29) is 51.0 Å². The lowest BCUT2D eigenvalue weighted by Gasteiger charge is -2.44. The second kappa shape index (κ2) is 10.8. The van der Waals surface area contributed by atoms with Gasteiger partial charge in [-0.1, -0.05) is 17.7 Å². The van der Waals surface area contributed by atoms with Gasteiger partial charge in [-0.05, 0) is 42.9 Å². The van der Waals surface area contributed by atoms with Gasteiger partial charge in [0.2, 0.25) is 11.8 Å². The highest BCUT2D eigenvalue weighted by atomic mass is 35.5. The number of benzene rings is 1. The number of carbonyl (C=O) groups excluding carboxylic acids is 3. The molecule has 0 spiro atoms. The third kappa shape index (κ3) is 5.23. The van der Waals surface area contributed by atoms with Crippen LogP contribution in [0.4, 0.5) is 5.69 Å². The van der Waals surface area contributed by atoms with Crippen LogP contribution in [0.25, 0.3) is 0 Å². The van der Waals surface area contributed by atoms with Crippen molar-refractivity contribution in [3.8, 4) is 12.3 Å². The van der Waals surface area contributed by atoms with Crippen LogP contribution in [0.2, 0.25) is 5.02 Å². The smallest absolute Gasteiger partial charge is 0.303 e. The Morgan fingerprint density at radius 3 is 2.75 bits per heavy atom. The molecule has 9 heteroatoms. The average molecular weight is 462 g/mol. The van der Waals surface area contributed by atoms with Gasteiger partial charge in [-0.15, -0.1) is 6.42 Å². The van der Waals surface area contributed by atoms with Crippen LogP contribution in [0, 0.1) is 18.3 Å². The zero-order valence-electron chi connectivity index (χ0n) is 17.9. The van der Waals surface area contributed by atoms with Gasteiger partial charge >= 0.3 is 5.91 Å². The number of likely N-dealkylation sites (tertiary alicyclic amines) is 1. The van der Waals surface area contributed by atoms with Crippen molar-refractivity contribution >= 4 is 35.0 Å². The van der Waals surface area contributed by atoms with E-state index in [2.05, 4.69) is 11.2 Å². The van der Waals surface area contributed by atoms with E-state index in [0.29, 0.717) is 23.8 Å². The van der Waals surface area contributed by atoms with Gasteiger partial charge in [0.25, 0.3) is 0 Å². The summed E-state index contributed by atoms with van der Waals surface area (Å²) in [6.45, 7) is 1.42. The summed E-state index contributed by atoms with van der Waals surface area (Å²) >= 11 is 6.13. The summed E-state index contributed by atoms with van der Waals surface area (Å²) < 4.78 is 5.45. The Balaban J connectivity index is 1.82. The van der Waals surface area contributed by atoms with E-state index in [4.69, 9.17) is 22.8 Å². The Labute approximate surface area is 192 Å². The normalized spacial score (nSPS) is 20.2. The van der Waals surface area contributed by atoms with Gasteiger partial charge in [-0.25, -0.2) is 0 Å². The number of amides is 3. The van der Waals surface area contributed by atoms with E-state index in [1.165, 1.54) is 4.90 Å². The Bertz CT molecular complexity index is 894. The maximum atomic E-state index is 13.5. The zero-order chi connectivity index (χ0) is 23.1. The highest BCUT2D eigenvalue weighted by Crippen LogP contribution is 2.34. The first kappa shape index (κ1) is 24.1. The Hall–Kier alpha value is -2.60. The first-order chi connectivity index (χ1) is 15.4. The van der Waals surface area contributed by atoms with Gasteiger partial charge in [0.15, 0.2) is 0 Å². The van der Waals surface area contributed by atoms with Crippen LogP contribution >= 0.6 is 11.6 Å². The third-order valence-corrected chi connectivity index (χ3v) is 6.33. The first-order valence-corrected chi connectivity index (χ1v) is 11.1. The summed E-state index contributed by atoms with van der Waals surface area (Å²) in [5.41, 5.74) is -0.895. The minimum atomic E-state index is -1.30. The van der Waals surface area contributed by atoms with E-state index in [0.717, 1.165) is 12.8 Å². The van der Waals surface area contributed by atoms with Crippen molar-refractivity contribution in [3.05, 3.63) is 29.3 Å². The zero-order valence-corrected chi connectivity index (χ0v) is 18.6. The van der Waals surface area contributed by atoms with E-state index in [9.17, 15) is 19.5 Å². The number of anilines is 1. The summed E-state index contributed by atoms with van der Waals surface area (Å²) in [5, 5.41) is 12.5. The lowest BCUT2D eigenvalue weighted by molar-refractivity contribution is -0.137. The van der Waals surface area contributed by atoms with Crippen LogP contribution in [0.15, 0.2) is 24.3 Å². The lowest BCUT2D eigenvalue weighted by Crippen LogP contribution is -2.64. The minimum Gasteiger partial charge on any atom is -0.396 e. The van der Waals surface area contributed by atoms with E-state index in [1.54, 1.807) is 29.2 Å². The summed E-state index contributed by atoms with van der Waals surface area (Å²) in [6.07, 6.45) is 7.58. The molecule has 0 radical (unpaired) electrons. The fourth-order valence-electron chi connectivity index (χ4n) is 4.37. The van der Waals surface area contributed by atoms with Crippen LogP contribution < -0.4 is 10.2 Å².